The highest BCUT2D eigenvalue weighted by Gasteiger charge is 2.12. The Morgan fingerprint density at radius 2 is 1.94 bits per heavy atom. The minimum absolute atomic E-state index is 0.202. The number of aliphatic hydroxyl groups excluding tert-OH is 1. The van der Waals surface area contributed by atoms with Crippen LogP contribution in [0.5, 0.6) is 0 Å². The van der Waals surface area contributed by atoms with Crippen molar-refractivity contribution < 1.29 is 5.11 Å². The zero-order chi connectivity index (χ0) is 13.7. The standard InChI is InChI=1S/C15H26N2O/c1-10-9-11(2)17-14(5)15(10)13(4)16-8-6-7-12(3)18/h9,12-13,16,18H,6-8H2,1-5H3. The Bertz CT molecular complexity index is 365. The summed E-state index contributed by atoms with van der Waals surface area (Å²) in [5, 5.41) is 12.7. The van der Waals surface area contributed by atoms with E-state index in [9.17, 15) is 5.11 Å². The van der Waals surface area contributed by atoms with Crippen LogP contribution >= 0.6 is 0 Å². The number of aryl methyl sites for hydroxylation is 3. The van der Waals surface area contributed by atoms with Gasteiger partial charge in [0.2, 0.25) is 0 Å². The minimum atomic E-state index is -0.202. The normalized spacial score (nSPS) is 14.6. The van der Waals surface area contributed by atoms with Gasteiger partial charge in [0, 0.05) is 17.4 Å². The van der Waals surface area contributed by atoms with Crippen LogP contribution in [-0.4, -0.2) is 22.7 Å². The van der Waals surface area contributed by atoms with E-state index in [0.29, 0.717) is 6.04 Å². The number of hydrogen-bond donors (Lipinski definition) is 2. The third kappa shape index (κ3) is 4.39. The molecule has 18 heavy (non-hydrogen) atoms. The lowest BCUT2D eigenvalue weighted by Gasteiger charge is -2.19. The van der Waals surface area contributed by atoms with Gasteiger partial charge in [0.25, 0.3) is 0 Å². The predicted molar refractivity (Wildman–Crippen MR) is 75.8 cm³/mol. The second-order valence-electron chi connectivity index (χ2n) is 5.25. The van der Waals surface area contributed by atoms with Crippen molar-refractivity contribution in [1.29, 1.82) is 0 Å². The Hall–Kier alpha value is -0.930. The average Bonchev–Trinajstić information content (AvgIpc) is 2.22. The van der Waals surface area contributed by atoms with Gasteiger partial charge in [0.1, 0.15) is 0 Å². The third-order valence-electron chi connectivity index (χ3n) is 3.27. The van der Waals surface area contributed by atoms with E-state index in [0.717, 1.165) is 30.8 Å². The van der Waals surface area contributed by atoms with Crippen LogP contribution in [0.25, 0.3) is 0 Å². The molecule has 2 N–H and O–H groups in total. The van der Waals surface area contributed by atoms with E-state index in [1.165, 1.54) is 11.1 Å². The van der Waals surface area contributed by atoms with Crippen LogP contribution in [0.4, 0.5) is 0 Å². The quantitative estimate of drug-likeness (QED) is 0.763. The summed E-state index contributed by atoms with van der Waals surface area (Å²) < 4.78 is 0. The number of rotatable bonds is 6. The number of aliphatic hydroxyl groups is 1. The van der Waals surface area contributed by atoms with Crippen molar-refractivity contribution in [3.63, 3.8) is 0 Å². The van der Waals surface area contributed by atoms with Crippen molar-refractivity contribution in [3.05, 3.63) is 28.6 Å². The molecule has 0 fully saturated rings. The first kappa shape index (κ1) is 15.1. The van der Waals surface area contributed by atoms with Crippen molar-refractivity contribution in [2.24, 2.45) is 0 Å². The Labute approximate surface area is 111 Å². The fraction of sp³-hybridized carbons (Fsp3) is 0.667. The van der Waals surface area contributed by atoms with Gasteiger partial charge in [-0.15, -0.1) is 0 Å². The Kier molecular flexibility index (Phi) is 5.76. The van der Waals surface area contributed by atoms with Crippen molar-refractivity contribution >= 4 is 0 Å². The summed E-state index contributed by atoms with van der Waals surface area (Å²) in [5.74, 6) is 0. The summed E-state index contributed by atoms with van der Waals surface area (Å²) in [6, 6.07) is 2.45. The molecule has 0 amide bonds. The van der Waals surface area contributed by atoms with E-state index in [-0.39, 0.29) is 6.10 Å². The SMILES string of the molecule is Cc1cc(C)c(C(C)NCCCC(C)O)c(C)n1. The lowest BCUT2D eigenvalue weighted by atomic mass is 10.0. The molecule has 0 bridgehead atoms. The largest absolute Gasteiger partial charge is 0.393 e. The number of nitrogens with zero attached hydrogens (tertiary/aromatic N) is 1. The molecule has 102 valence electrons. The average molecular weight is 250 g/mol. The molecular weight excluding hydrogens is 224 g/mol. The van der Waals surface area contributed by atoms with Gasteiger partial charge in [0.15, 0.2) is 0 Å². The molecule has 0 aliphatic heterocycles. The Balaban J connectivity index is 2.59. The molecule has 0 aromatic carbocycles. The third-order valence-corrected chi connectivity index (χ3v) is 3.27. The summed E-state index contributed by atoms with van der Waals surface area (Å²) in [6.07, 6.45) is 1.65. The molecule has 0 radical (unpaired) electrons. The van der Waals surface area contributed by atoms with E-state index >= 15 is 0 Å². The molecule has 0 saturated carbocycles. The summed E-state index contributed by atoms with van der Waals surface area (Å²) >= 11 is 0. The maximum atomic E-state index is 9.22. The first-order valence-electron chi connectivity index (χ1n) is 6.78. The number of hydrogen-bond acceptors (Lipinski definition) is 3. The zero-order valence-corrected chi connectivity index (χ0v) is 12.2. The van der Waals surface area contributed by atoms with Gasteiger partial charge in [-0.3, -0.25) is 4.98 Å². The van der Waals surface area contributed by atoms with Crippen LogP contribution in [0.1, 0.15) is 55.2 Å². The van der Waals surface area contributed by atoms with Crippen LogP contribution < -0.4 is 5.32 Å². The molecule has 3 heteroatoms. The number of nitrogens with one attached hydrogen (secondary N) is 1. The van der Waals surface area contributed by atoms with Gasteiger partial charge in [0.05, 0.1) is 6.10 Å². The fourth-order valence-corrected chi connectivity index (χ4v) is 2.51. The highest BCUT2D eigenvalue weighted by molar-refractivity contribution is 5.33. The molecule has 1 heterocycles. The summed E-state index contributed by atoms with van der Waals surface area (Å²) in [6.45, 7) is 11.2. The van der Waals surface area contributed by atoms with Gasteiger partial charge in [-0.1, -0.05) is 0 Å². The molecule has 1 aromatic heterocycles. The summed E-state index contributed by atoms with van der Waals surface area (Å²) in [7, 11) is 0. The second kappa shape index (κ2) is 6.86. The molecule has 3 nitrogen and oxygen atoms in total. The highest BCUT2D eigenvalue weighted by Crippen LogP contribution is 2.21. The summed E-state index contributed by atoms with van der Waals surface area (Å²) in [5.41, 5.74) is 4.80. The first-order valence-corrected chi connectivity index (χ1v) is 6.78. The van der Waals surface area contributed by atoms with Crippen LogP contribution in [0.3, 0.4) is 0 Å². The van der Waals surface area contributed by atoms with Crippen LogP contribution in [-0.2, 0) is 0 Å². The smallest absolute Gasteiger partial charge is 0.0512 e. The summed E-state index contributed by atoms with van der Waals surface area (Å²) in [4.78, 5) is 4.53. The lowest BCUT2D eigenvalue weighted by molar-refractivity contribution is 0.181. The topological polar surface area (TPSA) is 45.1 Å². The van der Waals surface area contributed by atoms with Gasteiger partial charge in [-0.2, -0.15) is 0 Å². The molecular formula is C15H26N2O. The monoisotopic (exact) mass is 250 g/mol. The van der Waals surface area contributed by atoms with Gasteiger partial charge in [-0.25, -0.2) is 0 Å². The van der Waals surface area contributed by atoms with Crippen LogP contribution in [0, 0.1) is 20.8 Å². The minimum Gasteiger partial charge on any atom is -0.393 e. The Morgan fingerprint density at radius 3 is 2.50 bits per heavy atom. The predicted octanol–water partition coefficient (Wildman–Crippen LogP) is 2.82. The molecule has 0 aliphatic carbocycles. The lowest BCUT2D eigenvalue weighted by Crippen LogP contribution is -2.22. The molecule has 0 spiro atoms. The zero-order valence-electron chi connectivity index (χ0n) is 12.2. The Morgan fingerprint density at radius 1 is 1.28 bits per heavy atom. The maximum absolute atomic E-state index is 9.22. The van der Waals surface area contributed by atoms with Crippen molar-refractivity contribution in [1.82, 2.24) is 10.3 Å². The van der Waals surface area contributed by atoms with Gasteiger partial charge < -0.3 is 10.4 Å². The fourth-order valence-electron chi connectivity index (χ4n) is 2.51. The van der Waals surface area contributed by atoms with E-state index < -0.39 is 0 Å². The van der Waals surface area contributed by atoms with Gasteiger partial charge >= 0.3 is 0 Å². The molecule has 2 unspecified atom stereocenters. The second-order valence-corrected chi connectivity index (χ2v) is 5.25. The molecule has 2 atom stereocenters. The maximum Gasteiger partial charge on any atom is 0.0512 e. The van der Waals surface area contributed by atoms with Crippen molar-refractivity contribution in [2.75, 3.05) is 6.54 Å². The number of pyridine rings is 1. The first-order chi connectivity index (χ1) is 8.41. The van der Waals surface area contributed by atoms with E-state index in [1.807, 2.05) is 13.8 Å². The van der Waals surface area contributed by atoms with E-state index in [4.69, 9.17) is 0 Å². The highest BCUT2D eigenvalue weighted by atomic mass is 16.3. The molecule has 0 saturated heterocycles. The van der Waals surface area contributed by atoms with Crippen molar-refractivity contribution in [3.8, 4) is 0 Å². The van der Waals surface area contributed by atoms with Crippen LogP contribution in [0.15, 0.2) is 6.07 Å². The van der Waals surface area contributed by atoms with Crippen LogP contribution in [0.2, 0.25) is 0 Å². The van der Waals surface area contributed by atoms with Gasteiger partial charge in [-0.05, 0) is 71.2 Å². The van der Waals surface area contributed by atoms with E-state index in [1.54, 1.807) is 0 Å². The van der Waals surface area contributed by atoms with E-state index in [2.05, 4.69) is 37.1 Å². The molecule has 1 rings (SSSR count). The molecule has 1 aromatic rings. The molecule has 0 aliphatic rings. The number of aromatic nitrogens is 1. The van der Waals surface area contributed by atoms with Crippen molar-refractivity contribution in [2.45, 2.75) is 59.6 Å².